The Hall–Kier alpha value is -1.88. The Bertz CT molecular complexity index is 509. The first-order chi connectivity index (χ1) is 9.31. The number of ether oxygens (including phenoxy) is 1. The van der Waals surface area contributed by atoms with Gasteiger partial charge in [0.25, 0.3) is 0 Å². The maximum Gasteiger partial charge on any atom is 0.138 e. The van der Waals surface area contributed by atoms with Crippen molar-refractivity contribution in [3.05, 3.63) is 36.9 Å². The molecule has 0 bridgehead atoms. The number of benzene rings is 1. The van der Waals surface area contributed by atoms with Crippen molar-refractivity contribution >= 4 is 5.69 Å². The van der Waals surface area contributed by atoms with Crippen LogP contribution in [0.3, 0.4) is 0 Å². The molecule has 0 amide bonds. The standard InChI is InChI=1S/C14H18N4O/c1-11-8-13(6-7-19-11)17-12-2-4-14(5-3-12)18-10-15-9-16-18/h2-5,9-11,13,17H,6-8H2,1H3. The van der Waals surface area contributed by atoms with Crippen LogP contribution in [0.5, 0.6) is 0 Å². The second-order valence-corrected chi connectivity index (χ2v) is 4.93. The zero-order chi connectivity index (χ0) is 13.1. The predicted molar refractivity (Wildman–Crippen MR) is 73.4 cm³/mol. The van der Waals surface area contributed by atoms with E-state index >= 15 is 0 Å². The maximum atomic E-state index is 5.56. The highest BCUT2D eigenvalue weighted by Gasteiger charge is 2.18. The van der Waals surface area contributed by atoms with Gasteiger partial charge in [-0.05, 0) is 44.0 Å². The number of nitrogens with zero attached hydrogens (tertiary/aromatic N) is 3. The third kappa shape index (κ3) is 2.93. The van der Waals surface area contributed by atoms with E-state index in [9.17, 15) is 0 Å². The minimum Gasteiger partial charge on any atom is -0.382 e. The molecule has 19 heavy (non-hydrogen) atoms. The molecule has 1 fully saturated rings. The van der Waals surface area contributed by atoms with Crippen molar-refractivity contribution in [2.75, 3.05) is 11.9 Å². The average Bonchev–Trinajstić information content (AvgIpc) is 2.94. The predicted octanol–water partition coefficient (Wildman–Crippen LogP) is 2.25. The second kappa shape index (κ2) is 5.40. The first kappa shape index (κ1) is 12.2. The lowest BCUT2D eigenvalue weighted by atomic mass is 10.0. The summed E-state index contributed by atoms with van der Waals surface area (Å²) >= 11 is 0. The minimum atomic E-state index is 0.348. The number of aromatic nitrogens is 3. The number of nitrogens with one attached hydrogen (secondary N) is 1. The molecule has 0 aliphatic carbocycles. The summed E-state index contributed by atoms with van der Waals surface area (Å²) in [5, 5.41) is 7.67. The molecular formula is C14H18N4O. The Balaban J connectivity index is 1.66. The molecule has 1 aromatic heterocycles. The maximum absolute atomic E-state index is 5.56. The molecule has 2 atom stereocenters. The van der Waals surface area contributed by atoms with Crippen LogP contribution in [0.2, 0.25) is 0 Å². The van der Waals surface area contributed by atoms with Crippen molar-refractivity contribution < 1.29 is 4.74 Å². The number of anilines is 1. The summed E-state index contributed by atoms with van der Waals surface area (Å²) in [5.74, 6) is 0. The lowest BCUT2D eigenvalue weighted by Gasteiger charge is -2.28. The summed E-state index contributed by atoms with van der Waals surface area (Å²) in [6.07, 6.45) is 5.71. The van der Waals surface area contributed by atoms with E-state index in [-0.39, 0.29) is 0 Å². The normalized spacial score (nSPS) is 23.2. The van der Waals surface area contributed by atoms with Gasteiger partial charge in [0, 0.05) is 18.3 Å². The molecule has 1 aromatic carbocycles. The van der Waals surface area contributed by atoms with Gasteiger partial charge in [0.2, 0.25) is 0 Å². The zero-order valence-electron chi connectivity index (χ0n) is 11.0. The Kier molecular flexibility index (Phi) is 3.46. The van der Waals surface area contributed by atoms with Gasteiger partial charge in [0.05, 0.1) is 11.8 Å². The van der Waals surface area contributed by atoms with E-state index in [0.29, 0.717) is 12.1 Å². The van der Waals surface area contributed by atoms with Gasteiger partial charge in [-0.1, -0.05) is 0 Å². The first-order valence-electron chi connectivity index (χ1n) is 6.64. The van der Waals surface area contributed by atoms with Gasteiger partial charge < -0.3 is 10.1 Å². The van der Waals surface area contributed by atoms with Crippen LogP contribution >= 0.6 is 0 Å². The van der Waals surface area contributed by atoms with E-state index in [0.717, 1.165) is 30.8 Å². The van der Waals surface area contributed by atoms with Crippen LogP contribution in [0, 0.1) is 0 Å². The van der Waals surface area contributed by atoms with Crippen molar-refractivity contribution in [1.82, 2.24) is 14.8 Å². The first-order valence-corrected chi connectivity index (χ1v) is 6.64. The van der Waals surface area contributed by atoms with Crippen LogP contribution in [0.15, 0.2) is 36.9 Å². The van der Waals surface area contributed by atoms with Crippen LogP contribution < -0.4 is 5.32 Å². The molecule has 1 aliphatic rings. The van der Waals surface area contributed by atoms with E-state index < -0.39 is 0 Å². The van der Waals surface area contributed by atoms with Crippen LogP contribution in [0.1, 0.15) is 19.8 Å². The minimum absolute atomic E-state index is 0.348. The van der Waals surface area contributed by atoms with E-state index in [1.807, 2.05) is 12.1 Å². The van der Waals surface area contributed by atoms with Crippen molar-refractivity contribution in [1.29, 1.82) is 0 Å². The summed E-state index contributed by atoms with van der Waals surface area (Å²) in [6.45, 7) is 2.97. The van der Waals surface area contributed by atoms with Gasteiger partial charge in [-0.25, -0.2) is 9.67 Å². The number of hydrogen-bond acceptors (Lipinski definition) is 4. The van der Waals surface area contributed by atoms with Crippen molar-refractivity contribution in [3.8, 4) is 5.69 Å². The fraction of sp³-hybridized carbons (Fsp3) is 0.429. The molecular weight excluding hydrogens is 240 g/mol. The van der Waals surface area contributed by atoms with E-state index in [1.54, 1.807) is 11.0 Å². The topological polar surface area (TPSA) is 52.0 Å². The highest BCUT2D eigenvalue weighted by atomic mass is 16.5. The van der Waals surface area contributed by atoms with Gasteiger partial charge in [-0.3, -0.25) is 0 Å². The summed E-state index contributed by atoms with van der Waals surface area (Å²) in [6, 6.07) is 8.74. The highest BCUT2D eigenvalue weighted by Crippen LogP contribution is 2.19. The number of rotatable bonds is 3. The molecule has 2 aromatic rings. The average molecular weight is 258 g/mol. The molecule has 1 N–H and O–H groups in total. The summed E-state index contributed by atoms with van der Waals surface area (Å²) < 4.78 is 7.31. The van der Waals surface area contributed by atoms with E-state index in [2.05, 4.69) is 34.5 Å². The van der Waals surface area contributed by atoms with Crippen molar-refractivity contribution in [2.45, 2.75) is 31.9 Å². The molecule has 1 saturated heterocycles. The molecule has 0 saturated carbocycles. The van der Waals surface area contributed by atoms with Crippen LogP contribution in [-0.2, 0) is 4.74 Å². The molecule has 1 aliphatic heterocycles. The quantitative estimate of drug-likeness (QED) is 0.917. The third-order valence-electron chi connectivity index (χ3n) is 3.41. The van der Waals surface area contributed by atoms with Gasteiger partial charge in [0.15, 0.2) is 0 Å². The van der Waals surface area contributed by atoms with Crippen molar-refractivity contribution in [2.24, 2.45) is 0 Å². The van der Waals surface area contributed by atoms with E-state index in [4.69, 9.17) is 4.74 Å². The smallest absolute Gasteiger partial charge is 0.138 e. The van der Waals surface area contributed by atoms with Gasteiger partial charge in [-0.15, -0.1) is 0 Å². The Morgan fingerprint density at radius 1 is 1.32 bits per heavy atom. The third-order valence-corrected chi connectivity index (χ3v) is 3.41. The molecule has 2 unspecified atom stereocenters. The molecule has 3 rings (SSSR count). The monoisotopic (exact) mass is 258 g/mol. The Morgan fingerprint density at radius 3 is 2.84 bits per heavy atom. The second-order valence-electron chi connectivity index (χ2n) is 4.93. The molecule has 5 nitrogen and oxygen atoms in total. The van der Waals surface area contributed by atoms with Gasteiger partial charge in [-0.2, -0.15) is 5.10 Å². The molecule has 100 valence electrons. The van der Waals surface area contributed by atoms with Crippen LogP contribution in [0.25, 0.3) is 5.69 Å². The molecule has 5 heteroatoms. The van der Waals surface area contributed by atoms with Crippen LogP contribution in [0.4, 0.5) is 5.69 Å². The van der Waals surface area contributed by atoms with Gasteiger partial charge >= 0.3 is 0 Å². The number of hydrogen-bond donors (Lipinski definition) is 1. The highest BCUT2D eigenvalue weighted by molar-refractivity contribution is 5.49. The largest absolute Gasteiger partial charge is 0.382 e. The van der Waals surface area contributed by atoms with Crippen LogP contribution in [-0.4, -0.2) is 33.5 Å². The summed E-state index contributed by atoms with van der Waals surface area (Å²) in [4.78, 5) is 3.95. The zero-order valence-corrected chi connectivity index (χ0v) is 11.0. The van der Waals surface area contributed by atoms with Gasteiger partial charge in [0.1, 0.15) is 12.7 Å². The van der Waals surface area contributed by atoms with E-state index in [1.165, 1.54) is 6.33 Å². The summed E-state index contributed by atoms with van der Waals surface area (Å²) in [7, 11) is 0. The fourth-order valence-electron chi connectivity index (χ4n) is 2.42. The fourth-order valence-corrected chi connectivity index (χ4v) is 2.42. The lowest BCUT2D eigenvalue weighted by molar-refractivity contribution is 0.0232. The lowest BCUT2D eigenvalue weighted by Crippen LogP contribution is -2.32. The SMILES string of the molecule is CC1CC(Nc2ccc(-n3cncn3)cc2)CCO1. The molecule has 0 radical (unpaired) electrons. The summed E-state index contributed by atoms with van der Waals surface area (Å²) in [5.41, 5.74) is 2.16. The Morgan fingerprint density at radius 2 is 2.16 bits per heavy atom. The molecule has 2 heterocycles. The van der Waals surface area contributed by atoms with Crippen molar-refractivity contribution in [3.63, 3.8) is 0 Å². The molecule has 0 spiro atoms. The Labute approximate surface area is 112 Å².